The molecule has 6 heteroatoms. The molecule has 1 aliphatic rings. The second kappa shape index (κ2) is 7.39. The number of amides is 2. The second-order valence-electron chi connectivity index (χ2n) is 6.20. The Morgan fingerprint density at radius 1 is 1.15 bits per heavy atom. The van der Waals surface area contributed by atoms with Gasteiger partial charge in [0.05, 0.1) is 18.7 Å². The third-order valence-corrected chi connectivity index (χ3v) is 4.43. The number of nitrogens with zero attached hydrogens (tertiary/aromatic N) is 1. The van der Waals surface area contributed by atoms with Crippen molar-refractivity contribution in [2.24, 2.45) is 5.92 Å². The average molecular weight is 352 g/mol. The maximum Gasteiger partial charge on any atom is 0.229 e. The van der Waals surface area contributed by atoms with E-state index < -0.39 is 5.92 Å². The summed E-state index contributed by atoms with van der Waals surface area (Å²) in [5.41, 5.74) is 1.75. The topological polar surface area (TPSA) is 75.7 Å². The average Bonchev–Trinajstić information content (AvgIpc) is 3.04. The molecular weight excluding hydrogens is 332 g/mol. The predicted octanol–water partition coefficient (Wildman–Crippen LogP) is 2.89. The number of nitrogens with one attached hydrogen (secondary N) is 1. The molecule has 0 spiro atoms. The molecule has 2 amide bonds. The number of rotatable bonds is 5. The van der Waals surface area contributed by atoms with E-state index in [0.29, 0.717) is 22.7 Å². The van der Waals surface area contributed by atoms with Gasteiger partial charge in [-0.15, -0.1) is 0 Å². The molecule has 0 aromatic heterocycles. The molecule has 2 aromatic carbocycles. The number of carbonyl (C=O) groups excluding carboxylic acids is 3. The van der Waals surface area contributed by atoms with Crippen molar-refractivity contribution in [3.8, 4) is 5.75 Å². The minimum absolute atomic E-state index is 0.0658. The Morgan fingerprint density at radius 3 is 2.65 bits per heavy atom. The van der Waals surface area contributed by atoms with E-state index in [1.807, 2.05) is 6.07 Å². The summed E-state index contributed by atoms with van der Waals surface area (Å²) >= 11 is 0. The normalized spacial score (nSPS) is 16.5. The van der Waals surface area contributed by atoms with E-state index >= 15 is 0 Å². The third kappa shape index (κ3) is 3.59. The monoisotopic (exact) mass is 352 g/mol. The molecule has 0 aliphatic carbocycles. The van der Waals surface area contributed by atoms with Crippen LogP contribution in [-0.4, -0.2) is 31.3 Å². The van der Waals surface area contributed by atoms with Gasteiger partial charge in [-0.25, -0.2) is 0 Å². The van der Waals surface area contributed by atoms with E-state index in [-0.39, 0.29) is 30.6 Å². The van der Waals surface area contributed by atoms with Gasteiger partial charge in [0.2, 0.25) is 11.8 Å². The number of ketones is 1. The molecule has 1 aliphatic heterocycles. The van der Waals surface area contributed by atoms with Gasteiger partial charge >= 0.3 is 0 Å². The molecule has 1 saturated heterocycles. The Kier molecular flexibility index (Phi) is 5.02. The van der Waals surface area contributed by atoms with Gasteiger partial charge in [0, 0.05) is 24.2 Å². The molecule has 2 aromatic rings. The first-order valence-corrected chi connectivity index (χ1v) is 8.35. The first-order valence-electron chi connectivity index (χ1n) is 8.35. The van der Waals surface area contributed by atoms with Crippen LogP contribution in [0.15, 0.2) is 48.5 Å². The van der Waals surface area contributed by atoms with Gasteiger partial charge in [-0.3, -0.25) is 14.4 Å². The van der Waals surface area contributed by atoms with Gasteiger partial charge in [-0.1, -0.05) is 24.3 Å². The first kappa shape index (κ1) is 17.7. The number of para-hydroxylation sites is 2. The largest absolute Gasteiger partial charge is 0.495 e. The number of carbonyl (C=O) groups is 3. The summed E-state index contributed by atoms with van der Waals surface area (Å²) in [6.45, 7) is 1.76. The van der Waals surface area contributed by atoms with Gasteiger partial charge in [-0.2, -0.15) is 0 Å². The Bertz CT molecular complexity index is 862. The number of hydrogen-bond acceptors (Lipinski definition) is 4. The molecule has 1 unspecified atom stereocenters. The van der Waals surface area contributed by atoms with Gasteiger partial charge in [-0.05, 0) is 31.2 Å². The zero-order valence-electron chi connectivity index (χ0n) is 14.7. The maximum atomic E-state index is 12.6. The van der Waals surface area contributed by atoms with Crippen molar-refractivity contribution < 1.29 is 19.1 Å². The Balaban J connectivity index is 1.74. The summed E-state index contributed by atoms with van der Waals surface area (Å²) in [7, 11) is 1.54. The summed E-state index contributed by atoms with van der Waals surface area (Å²) in [5.74, 6) is -0.326. The lowest BCUT2D eigenvalue weighted by Gasteiger charge is -2.17. The smallest absolute Gasteiger partial charge is 0.229 e. The molecular formula is C20H20N2O4. The highest BCUT2D eigenvalue weighted by molar-refractivity contribution is 6.04. The van der Waals surface area contributed by atoms with Crippen molar-refractivity contribution in [3.05, 3.63) is 54.1 Å². The van der Waals surface area contributed by atoms with Gasteiger partial charge in [0.15, 0.2) is 5.78 Å². The molecule has 1 atom stereocenters. The minimum Gasteiger partial charge on any atom is -0.495 e. The summed E-state index contributed by atoms with van der Waals surface area (Å²) in [6, 6.07) is 14.0. The number of hydrogen-bond donors (Lipinski definition) is 1. The van der Waals surface area contributed by atoms with Crippen LogP contribution >= 0.6 is 0 Å². The number of methoxy groups -OCH3 is 1. The second-order valence-corrected chi connectivity index (χ2v) is 6.20. The molecule has 6 nitrogen and oxygen atoms in total. The van der Waals surface area contributed by atoms with Crippen LogP contribution in [0.2, 0.25) is 0 Å². The first-order chi connectivity index (χ1) is 12.5. The Labute approximate surface area is 151 Å². The van der Waals surface area contributed by atoms with Crippen LogP contribution in [0.3, 0.4) is 0 Å². The van der Waals surface area contributed by atoms with Crippen LogP contribution in [0, 0.1) is 5.92 Å². The van der Waals surface area contributed by atoms with Gasteiger partial charge in [0.25, 0.3) is 0 Å². The van der Waals surface area contributed by atoms with Crippen LogP contribution in [0.1, 0.15) is 23.7 Å². The molecule has 0 saturated carbocycles. The van der Waals surface area contributed by atoms with E-state index in [1.54, 1.807) is 47.4 Å². The van der Waals surface area contributed by atoms with Crippen LogP contribution in [0.4, 0.5) is 11.4 Å². The van der Waals surface area contributed by atoms with E-state index in [1.165, 1.54) is 14.0 Å². The molecule has 3 rings (SSSR count). The van der Waals surface area contributed by atoms with E-state index in [0.717, 1.165) is 0 Å². The van der Waals surface area contributed by atoms with Crippen molar-refractivity contribution in [2.45, 2.75) is 13.3 Å². The van der Waals surface area contributed by atoms with Crippen molar-refractivity contribution in [1.82, 2.24) is 0 Å². The number of benzene rings is 2. The van der Waals surface area contributed by atoms with E-state index in [2.05, 4.69) is 5.32 Å². The van der Waals surface area contributed by atoms with E-state index in [9.17, 15) is 14.4 Å². The fraction of sp³-hybridized carbons (Fsp3) is 0.250. The SMILES string of the molecule is COc1ccccc1NC(=O)C1CC(=O)N(c2cccc(C(C)=O)c2)C1. The van der Waals surface area contributed by atoms with Gasteiger partial charge < -0.3 is 15.0 Å². The van der Waals surface area contributed by atoms with Crippen LogP contribution in [0.5, 0.6) is 5.75 Å². The fourth-order valence-electron chi connectivity index (χ4n) is 3.01. The summed E-state index contributed by atoms with van der Waals surface area (Å²) < 4.78 is 5.23. The molecule has 0 bridgehead atoms. The minimum atomic E-state index is -0.464. The lowest BCUT2D eigenvalue weighted by Crippen LogP contribution is -2.28. The maximum absolute atomic E-state index is 12.6. The van der Waals surface area contributed by atoms with E-state index in [4.69, 9.17) is 4.74 Å². The third-order valence-electron chi connectivity index (χ3n) is 4.43. The molecule has 1 heterocycles. The van der Waals surface area contributed by atoms with Gasteiger partial charge in [0.1, 0.15) is 5.75 Å². The lowest BCUT2D eigenvalue weighted by molar-refractivity contribution is -0.122. The predicted molar refractivity (Wildman–Crippen MR) is 98.5 cm³/mol. The highest BCUT2D eigenvalue weighted by atomic mass is 16.5. The van der Waals surface area contributed by atoms with Crippen molar-refractivity contribution in [3.63, 3.8) is 0 Å². The number of ether oxygens (including phenoxy) is 1. The zero-order chi connectivity index (χ0) is 18.7. The van der Waals surface area contributed by atoms with Crippen molar-refractivity contribution in [1.29, 1.82) is 0 Å². The summed E-state index contributed by atoms with van der Waals surface area (Å²) in [4.78, 5) is 38.1. The van der Waals surface area contributed by atoms with Crippen molar-refractivity contribution >= 4 is 29.0 Å². The standard InChI is InChI=1S/C20H20N2O4/c1-13(23)14-6-5-7-16(10-14)22-12-15(11-19(22)24)20(25)21-17-8-3-4-9-18(17)26-2/h3-10,15H,11-12H2,1-2H3,(H,21,25). The Morgan fingerprint density at radius 2 is 1.92 bits per heavy atom. The van der Waals surface area contributed by atoms with Crippen LogP contribution in [0.25, 0.3) is 0 Å². The lowest BCUT2D eigenvalue weighted by atomic mass is 10.1. The zero-order valence-corrected chi connectivity index (χ0v) is 14.7. The van der Waals surface area contributed by atoms with Crippen molar-refractivity contribution in [2.75, 3.05) is 23.9 Å². The quantitative estimate of drug-likeness (QED) is 0.840. The Hall–Kier alpha value is -3.15. The molecule has 26 heavy (non-hydrogen) atoms. The van der Waals surface area contributed by atoms with Crippen LogP contribution < -0.4 is 15.0 Å². The fourth-order valence-corrected chi connectivity index (χ4v) is 3.01. The molecule has 1 N–H and O–H groups in total. The molecule has 1 fully saturated rings. The van der Waals surface area contributed by atoms with Crippen LogP contribution in [-0.2, 0) is 9.59 Å². The summed E-state index contributed by atoms with van der Waals surface area (Å²) in [5, 5.41) is 2.83. The number of Topliss-reactive ketones (excluding diaryl/α,β-unsaturated/α-hetero) is 1. The highest BCUT2D eigenvalue weighted by Crippen LogP contribution is 2.28. The highest BCUT2D eigenvalue weighted by Gasteiger charge is 2.35. The molecule has 0 radical (unpaired) electrons. The summed E-state index contributed by atoms with van der Waals surface area (Å²) in [6.07, 6.45) is 0.130. The molecule has 134 valence electrons. The number of anilines is 2.